The predicted molar refractivity (Wildman–Crippen MR) is 162 cm³/mol. The summed E-state index contributed by atoms with van der Waals surface area (Å²) in [5.74, 6) is -1.10. The number of carbonyl (C=O) groups excluding carboxylic acids is 2. The predicted octanol–water partition coefficient (Wildman–Crippen LogP) is 5.49. The minimum atomic E-state index is -0.758. The first kappa shape index (κ1) is 30.0. The summed E-state index contributed by atoms with van der Waals surface area (Å²) >= 11 is 14.6. The molecule has 2 aliphatic rings. The molecule has 17 heteroatoms. The maximum absolute atomic E-state index is 14.5. The zero-order valence-corrected chi connectivity index (χ0v) is 25.4. The van der Waals surface area contributed by atoms with Crippen molar-refractivity contribution in [1.29, 1.82) is 0 Å². The van der Waals surface area contributed by atoms with E-state index >= 15 is 0 Å². The second-order valence-electron chi connectivity index (χ2n) is 10.5. The van der Waals surface area contributed by atoms with Gasteiger partial charge >= 0.3 is 12.0 Å². The van der Waals surface area contributed by atoms with E-state index in [4.69, 9.17) is 33.7 Å². The monoisotopic (exact) mass is 662 g/mol. The molecule has 2 aromatic carbocycles. The third kappa shape index (κ3) is 5.62. The Labute approximate surface area is 263 Å². The van der Waals surface area contributed by atoms with Crippen LogP contribution >= 0.6 is 34.5 Å². The zero-order chi connectivity index (χ0) is 31.1. The van der Waals surface area contributed by atoms with Gasteiger partial charge in [-0.05, 0) is 54.7 Å². The Hall–Kier alpha value is -4.08. The van der Waals surface area contributed by atoms with Gasteiger partial charge in [-0.25, -0.2) is 14.2 Å². The smallest absolute Gasteiger partial charge is 0.491 e. The van der Waals surface area contributed by atoms with Crippen LogP contribution in [0.2, 0.25) is 10.0 Å². The first-order valence-electron chi connectivity index (χ1n) is 13.8. The first-order chi connectivity index (χ1) is 21.1. The van der Waals surface area contributed by atoms with E-state index in [1.165, 1.54) is 18.2 Å². The summed E-state index contributed by atoms with van der Waals surface area (Å²) in [6, 6.07) is 3.86. The number of aromatic nitrogens is 4. The lowest BCUT2D eigenvalue weighted by Crippen LogP contribution is -2.39. The van der Waals surface area contributed by atoms with Crippen molar-refractivity contribution >= 4 is 67.8 Å². The molecule has 0 bridgehead atoms. The molecule has 4 heterocycles. The lowest BCUT2D eigenvalue weighted by molar-refractivity contribution is -0.394. The summed E-state index contributed by atoms with van der Waals surface area (Å²) in [7, 11) is 0. The molecule has 230 valence electrons. The number of rotatable bonds is 4. The Morgan fingerprint density at radius 1 is 1.20 bits per heavy atom. The van der Waals surface area contributed by atoms with Crippen LogP contribution in [-0.4, -0.2) is 79.2 Å². The average Bonchev–Trinajstić information content (AvgIpc) is 3.57. The topological polar surface area (TPSA) is 163 Å². The number of hydrogen-bond acceptors (Lipinski definition) is 10. The number of nitro groups is 1. The zero-order valence-electron chi connectivity index (χ0n) is 23.0. The van der Waals surface area contributed by atoms with Gasteiger partial charge < -0.3 is 30.4 Å². The number of benzene rings is 2. The molecule has 1 unspecified atom stereocenters. The average molecular weight is 664 g/mol. The number of amides is 2. The number of nitrogens with two attached hydrogens (primary N) is 1. The molecule has 1 atom stereocenters. The van der Waals surface area contributed by atoms with Crippen LogP contribution in [-0.2, 0) is 0 Å². The van der Waals surface area contributed by atoms with E-state index in [1.54, 1.807) is 9.80 Å². The van der Waals surface area contributed by atoms with Gasteiger partial charge in [0.05, 0.1) is 32.4 Å². The van der Waals surface area contributed by atoms with Crippen LogP contribution in [0.1, 0.15) is 36.0 Å². The normalized spacial score (nSPS) is 17.5. The van der Waals surface area contributed by atoms with Gasteiger partial charge in [-0.3, -0.25) is 4.79 Å². The molecule has 44 heavy (non-hydrogen) atoms. The molecule has 0 spiro atoms. The van der Waals surface area contributed by atoms with E-state index in [9.17, 15) is 24.1 Å². The second-order valence-corrected chi connectivity index (χ2v) is 12.3. The summed E-state index contributed by atoms with van der Waals surface area (Å²) in [6.07, 6.45) is 3.67. The lowest BCUT2D eigenvalue weighted by Gasteiger charge is -2.30. The van der Waals surface area contributed by atoms with Crippen molar-refractivity contribution in [3.8, 4) is 16.9 Å². The van der Waals surface area contributed by atoms with Gasteiger partial charge in [-0.15, -0.1) is 0 Å². The Balaban J connectivity index is 1.22. The highest BCUT2D eigenvalue weighted by molar-refractivity contribution is 7.22. The van der Waals surface area contributed by atoms with E-state index in [0.717, 1.165) is 28.8 Å². The second kappa shape index (κ2) is 12.1. The van der Waals surface area contributed by atoms with E-state index in [1.807, 2.05) is 0 Å². The third-order valence-electron chi connectivity index (χ3n) is 7.73. The number of likely N-dealkylation sites (tertiary alicyclic amines) is 1. The van der Waals surface area contributed by atoms with Crippen LogP contribution in [0.4, 0.5) is 20.3 Å². The van der Waals surface area contributed by atoms with Gasteiger partial charge in [0, 0.05) is 42.4 Å². The fraction of sp³-hybridized carbons (Fsp3) is 0.370. The van der Waals surface area contributed by atoms with Gasteiger partial charge in [0.1, 0.15) is 5.82 Å². The van der Waals surface area contributed by atoms with Crippen molar-refractivity contribution in [2.24, 2.45) is 5.92 Å². The summed E-state index contributed by atoms with van der Waals surface area (Å²) in [5.41, 5.74) is 7.24. The van der Waals surface area contributed by atoms with Gasteiger partial charge in [0.25, 0.3) is 5.91 Å². The molecular formula is C27H25Cl2FN8O5S. The summed E-state index contributed by atoms with van der Waals surface area (Å²) in [5, 5.41) is 15.0. The van der Waals surface area contributed by atoms with Gasteiger partial charge in [0.2, 0.25) is 6.33 Å². The number of thiazole rings is 1. The molecule has 2 aromatic heterocycles. The molecule has 4 aromatic rings. The Kier molecular flexibility index (Phi) is 8.26. The molecule has 1 saturated heterocycles. The molecule has 0 radical (unpaired) electrons. The van der Waals surface area contributed by atoms with Crippen LogP contribution in [0.5, 0.6) is 5.75 Å². The first-order valence-corrected chi connectivity index (χ1v) is 15.3. The van der Waals surface area contributed by atoms with Gasteiger partial charge in [-0.2, -0.15) is 0 Å². The van der Waals surface area contributed by atoms with Crippen molar-refractivity contribution in [1.82, 2.24) is 29.5 Å². The molecule has 2 N–H and O–H groups in total. The van der Waals surface area contributed by atoms with Crippen molar-refractivity contribution in [2.45, 2.75) is 25.7 Å². The number of nitrogen functional groups attached to an aromatic ring is 1. The van der Waals surface area contributed by atoms with Crippen molar-refractivity contribution < 1.29 is 23.6 Å². The molecule has 1 fully saturated rings. The highest BCUT2D eigenvalue weighted by Crippen LogP contribution is 2.46. The van der Waals surface area contributed by atoms with Gasteiger partial charge in [0.15, 0.2) is 10.9 Å². The number of nitrogens with zero attached hydrogens (tertiary/aromatic N) is 7. The van der Waals surface area contributed by atoms with Crippen LogP contribution < -0.4 is 10.5 Å². The van der Waals surface area contributed by atoms with Crippen LogP contribution in [0, 0.1) is 21.8 Å². The highest BCUT2D eigenvalue weighted by Gasteiger charge is 2.32. The fourth-order valence-electron chi connectivity index (χ4n) is 5.64. The molecule has 0 aliphatic carbocycles. The maximum atomic E-state index is 14.5. The minimum Gasteiger partial charge on any atom is -0.491 e. The van der Waals surface area contributed by atoms with E-state index < -0.39 is 22.7 Å². The SMILES string of the molecule is Nc1nc2c(-c3c(Cl)cc4c(c3Cl)OCCCN(CC3CCCN(C(=O)n5cnc([N+](=O)[O-])n5)CC3)C4=O)ccc(F)c2s1. The number of halogens is 3. The van der Waals surface area contributed by atoms with Crippen LogP contribution in [0.25, 0.3) is 21.3 Å². The van der Waals surface area contributed by atoms with E-state index in [2.05, 4.69) is 15.1 Å². The molecule has 2 amide bonds. The van der Waals surface area contributed by atoms with Crippen LogP contribution in [0.15, 0.2) is 24.5 Å². The van der Waals surface area contributed by atoms with Gasteiger partial charge in [-0.1, -0.05) is 44.2 Å². The van der Waals surface area contributed by atoms with Crippen LogP contribution in [0.3, 0.4) is 0 Å². The summed E-state index contributed by atoms with van der Waals surface area (Å²) < 4.78 is 21.6. The fourth-order valence-corrected chi connectivity index (χ4v) is 7.12. The number of carbonyl (C=O) groups is 2. The lowest BCUT2D eigenvalue weighted by atomic mass is 9.98. The Bertz CT molecular complexity index is 1800. The molecule has 2 aliphatic heterocycles. The minimum absolute atomic E-state index is 0.0958. The molecule has 13 nitrogen and oxygen atoms in total. The van der Waals surface area contributed by atoms with E-state index in [-0.39, 0.29) is 43.0 Å². The number of hydrogen-bond donors (Lipinski definition) is 1. The highest BCUT2D eigenvalue weighted by atomic mass is 35.5. The number of anilines is 1. The number of fused-ring (bicyclic) bond motifs is 2. The standard InChI is InChI=1S/C27H25Cl2FN8O5S/c28-17-11-16-22(20(29)19(17)15-4-5-18(30)23-21(15)33-25(31)44-23)43-10-2-8-36(24(16)39)12-14-3-1-7-35(9-6-14)27(40)37-13-32-26(34-37)38(41)42/h4-5,11,13-14H,1-3,6-10,12H2,(H2,31,33). The third-order valence-corrected chi connectivity index (χ3v) is 9.28. The summed E-state index contributed by atoms with van der Waals surface area (Å²) in [6.45, 7) is 2.05. The van der Waals surface area contributed by atoms with Crippen molar-refractivity contribution in [3.05, 3.63) is 56.1 Å². The summed E-state index contributed by atoms with van der Waals surface area (Å²) in [4.78, 5) is 48.1. The largest absolute Gasteiger partial charge is 0.491 e. The maximum Gasteiger partial charge on any atom is 0.491 e. The van der Waals surface area contributed by atoms with E-state index in [0.29, 0.717) is 68.7 Å². The molecule has 6 rings (SSSR count). The molecular weight excluding hydrogens is 638 g/mol. The quantitative estimate of drug-likeness (QED) is 0.220. The number of ether oxygens (including phenoxy) is 1. The van der Waals surface area contributed by atoms with Crippen molar-refractivity contribution in [2.75, 3.05) is 38.5 Å². The van der Waals surface area contributed by atoms with Crippen molar-refractivity contribution in [3.63, 3.8) is 0 Å². The molecule has 0 saturated carbocycles. The Morgan fingerprint density at radius 2 is 2.02 bits per heavy atom. The Morgan fingerprint density at radius 3 is 2.80 bits per heavy atom.